The van der Waals surface area contributed by atoms with E-state index in [0.29, 0.717) is 42.5 Å². The van der Waals surface area contributed by atoms with Gasteiger partial charge in [0.1, 0.15) is 6.04 Å². The van der Waals surface area contributed by atoms with Crippen LogP contribution in [0.25, 0.3) is 0 Å². The van der Waals surface area contributed by atoms with E-state index in [0.717, 1.165) is 0 Å². The van der Waals surface area contributed by atoms with Gasteiger partial charge in [0.05, 0.1) is 41.3 Å². The maximum atomic E-state index is 13.6. The number of nitriles is 1. The molecule has 10 heteroatoms. The first kappa shape index (κ1) is 26.1. The lowest BCUT2D eigenvalue weighted by Crippen LogP contribution is -2.46. The summed E-state index contributed by atoms with van der Waals surface area (Å²) in [5.74, 6) is -2.45. The molecule has 1 aliphatic heterocycles. The van der Waals surface area contributed by atoms with Crippen molar-refractivity contribution >= 4 is 33.3 Å². The molecule has 2 unspecified atom stereocenters. The van der Waals surface area contributed by atoms with Gasteiger partial charge in [0.25, 0.3) is 0 Å². The summed E-state index contributed by atoms with van der Waals surface area (Å²) in [6, 6.07) is 14.6. The van der Waals surface area contributed by atoms with E-state index in [9.17, 15) is 23.3 Å². The third-order valence-electron chi connectivity index (χ3n) is 6.93. The lowest BCUT2D eigenvalue weighted by molar-refractivity contribution is -0.144. The topological polar surface area (TPSA) is 117 Å². The second-order valence-electron chi connectivity index (χ2n) is 9.18. The molecule has 2 amide bonds. The quantitative estimate of drug-likeness (QED) is 0.614. The number of carbonyl (C=O) groups excluding carboxylic acids is 2. The zero-order valence-electron chi connectivity index (χ0n) is 19.9. The van der Waals surface area contributed by atoms with Gasteiger partial charge in [-0.1, -0.05) is 41.9 Å². The molecule has 0 aromatic heterocycles. The Kier molecular flexibility index (Phi) is 7.98. The van der Waals surface area contributed by atoms with Crippen LogP contribution in [0.2, 0.25) is 5.02 Å². The molecule has 2 aliphatic rings. The van der Waals surface area contributed by atoms with E-state index < -0.39 is 38.9 Å². The molecule has 190 valence electrons. The second-order valence-corrected chi connectivity index (χ2v) is 11.8. The molecule has 1 heterocycles. The van der Waals surface area contributed by atoms with Crippen molar-refractivity contribution in [3.63, 3.8) is 0 Å². The number of hydrogen-bond acceptors (Lipinski definition) is 6. The van der Waals surface area contributed by atoms with Crippen LogP contribution in [0.15, 0.2) is 53.4 Å². The van der Waals surface area contributed by atoms with Gasteiger partial charge in [-0.3, -0.25) is 9.59 Å². The lowest BCUT2D eigenvalue weighted by Gasteiger charge is -2.31. The SMILES string of the molecule is Cc1cc(Cl)ccc1S(=O)(=O)[C@H]1CC(C(=O)N2CCOCC2)[C@H](C(=O)NC(C#N)c2ccccc2)C1. The summed E-state index contributed by atoms with van der Waals surface area (Å²) in [6.07, 6.45) is 0.0190. The molecule has 1 aliphatic carbocycles. The Morgan fingerprint density at radius 3 is 2.42 bits per heavy atom. The van der Waals surface area contributed by atoms with Crippen LogP contribution in [-0.2, 0) is 24.2 Å². The summed E-state index contributed by atoms with van der Waals surface area (Å²) in [6.45, 7) is 3.24. The maximum Gasteiger partial charge on any atom is 0.226 e. The molecule has 0 radical (unpaired) electrons. The Hall–Kier alpha value is -2.93. The summed E-state index contributed by atoms with van der Waals surface area (Å²) in [4.78, 5) is 28.7. The first-order valence-electron chi connectivity index (χ1n) is 11.8. The van der Waals surface area contributed by atoms with Gasteiger partial charge in [-0.15, -0.1) is 0 Å². The van der Waals surface area contributed by atoms with Crippen LogP contribution in [0.1, 0.15) is 30.0 Å². The smallest absolute Gasteiger partial charge is 0.226 e. The van der Waals surface area contributed by atoms with Crippen LogP contribution in [0, 0.1) is 30.1 Å². The number of amides is 2. The maximum absolute atomic E-state index is 13.6. The Morgan fingerprint density at radius 1 is 1.11 bits per heavy atom. The molecule has 8 nitrogen and oxygen atoms in total. The number of nitrogens with zero attached hydrogens (tertiary/aromatic N) is 2. The molecule has 2 fully saturated rings. The highest BCUT2D eigenvalue weighted by molar-refractivity contribution is 7.92. The summed E-state index contributed by atoms with van der Waals surface area (Å²) in [5, 5.41) is 11.9. The molecule has 2 aromatic rings. The number of halogens is 1. The fraction of sp³-hybridized carbons (Fsp3) is 0.423. The van der Waals surface area contributed by atoms with Crippen molar-refractivity contribution in [1.29, 1.82) is 5.26 Å². The summed E-state index contributed by atoms with van der Waals surface area (Å²) in [5.41, 5.74) is 1.13. The van der Waals surface area contributed by atoms with Gasteiger partial charge in [-0.2, -0.15) is 5.26 Å². The minimum atomic E-state index is -3.83. The van der Waals surface area contributed by atoms with Crippen LogP contribution in [-0.4, -0.2) is 56.7 Å². The zero-order valence-corrected chi connectivity index (χ0v) is 21.5. The minimum absolute atomic E-state index is 0.0100. The number of ether oxygens (including phenoxy) is 1. The first-order valence-corrected chi connectivity index (χ1v) is 13.8. The third kappa shape index (κ3) is 5.41. The Bertz CT molecular complexity index is 1270. The average molecular weight is 530 g/mol. The van der Waals surface area contributed by atoms with Gasteiger partial charge in [0, 0.05) is 18.1 Å². The summed E-state index contributed by atoms with van der Waals surface area (Å²) < 4.78 is 32.6. The van der Waals surface area contributed by atoms with Crippen LogP contribution >= 0.6 is 11.6 Å². The van der Waals surface area contributed by atoms with Crippen molar-refractivity contribution in [2.24, 2.45) is 11.8 Å². The predicted octanol–water partition coefficient (Wildman–Crippen LogP) is 3.06. The molecule has 2 aromatic carbocycles. The van der Waals surface area contributed by atoms with Gasteiger partial charge >= 0.3 is 0 Å². The molecule has 0 bridgehead atoms. The highest BCUT2D eigenvalue weighted by Crippen LogP contribution is 2.40. The van der Waals surface area contributed by atoms with Crippen LogP contribution < -0.4 is 5.32 Å². The monoisotopic (exact) mass is 529 g/mol. The molecule has 0 spiro atoms. The van der Waals surface area contributed by atoms with Gasteiger partial charge in [-0.25, -0.2) is 8.42 Å². The number of rotatable bonds is 6. The molecule has 1 saturated heterocycles. The molecule has 1 N–H and O–H groups in total. The average Bonchev–Trinajstić information content (AvgIpc) is 3.34. The van der Waals surface area contributed by atoms with Crippen LogP contribution in [0.4, 0.5) is 0 Å². The van der Waals surface area contributed by atoms with Crippen LogP contribution in [0.3, 0.4) is 0 Å². The largest absolute Gasteiger partial charge is 0.378 e. The Morgan fingerprint density at radius 2 is 1.78 bits per heavy atom. The van der Waals surface area contributed by atoms with Gasteiger partial charge in [0.2, 0.25) is 11.8 Å². The van der Waals surface area contributed by atoms with Gasteiger partial charge in [0.15, 0.2) is 9.84 Å². The number of nitrogens with one attached hydrogen (secondary N) is 1. The summed E-state index contributed by atoms with van der Waals surface area (Å²) >= 11 is 6.02. The Balaban J connectivity index is 1.62. The van der Waals surface area contributed by atoms with E-state index >= 15 is 0 Å². The number of morpholine rings is 1. The van der Waals surface area contributed by atoms with Crippen molar-refractivity contribution in [3.05, 3.63) is 64.7 Å². The number of aryl methyl sites for hydroxylation is 1. The zero-order chi connectivity index (χ0) is 25.9. The van der Waals surface area contributed by atoms with Crippen molar-refractivity contribution in [2.45, 2.75) is 36.0 Å². The van der Waals surface area contributed by atoms with E-state index in [1.54, 1.807) is 42.2 Å². The second kappa shape index (κ2) is 11.0. The summed E-state index contributed by atoms with van der Waals surface area (Å²) in [7, 11) is -3.83. The molecule has 36 heavy (non-hydrogen) atoms. The van der Waals surface area contributed by atoms with Gasteiger partial charge in [-0.05, 0) is 49.1 Å². The number of sulfone groups is 1. The fourth-order valence-corrected chi connectivity index (χ4v) is 7.29. The number of carbonyl (C=O) groups is 2. The van der Waals surface area contributed by atoms with E-state index in [4.69, 9.17) is 16.3 Å². The molecular formula is C26H28ClN3O5S. The minimum Gasteiger partial charge on any atom is -0.378 e. The first-order chi connectivity index (χ1) is 17.2. The normalized spacial score (nSPS) is 23.0. The molecule has 4 atom stereocenters. The highest BCUT2D eigenvalue weighted by atomic mass is 35.5. The molecule has 4 rings (SSSR count). The number of benzene rings is 2. The van der Waals surface area contributed by atoms with E-state index in [2.05, 4.69) is 11.4 Å². The molecular weight excluding hydrogens is 502 g/mol. The van der Waals surface area contributed by atoms with Crippen LogP contribution in [0.5, 0.6) is 0 Å². The van der Waals surface area contributed by atoms with E-state index in [1.165, 1.54) is 12.1 Å². The standard InChI is InChI=1S/C26H28ClN3O5S/c1-17-13-19(27)7-8-24(17)36(33,34)20-14-21(22(15-20)26(32)30-9-11-35-12-10-30)25(31)29-23(16-28)18-5-3-2-4-6-18/h2-8,13,20-23H,9-12,14-15H2,1H3,(H,29,31)/t20-,21-,22?,23?/m1/s1. The predicted molar refractivity (Wildman–Crippen MR) is 134 cm³/mol. The molecule has 1 saturated carbocycles. The van der Waals surface area contributed by atoms with Crippen molar-refractivity contribution < 1.29 is 22.7 Å². The van der Waals surface area contributed by atoms with Crippen molar-refractivity contribution in [1.82, 2.24) is 10.2 Å². The number of hydrogen-bond donors (Lipinski definition) is 1. The van der Waals surface area contributed by atoms with Crippen molar-refractivity contribution in [2.75, 3.05) is 26.3 Å². The Labute approximate surface area is 216 Å². The van der Waals surface area contributed by atoms with Gasteiger partial charge < -0.3 is 15.0 Å². The fourth-order valence-electron chi connectivity index (χ4n) is 5.02. The third-order valence-corrected chi connectivity index (χ3v) is 9.50. The lowest BCUT2D eigenvalue weighted by atomic mass is 9.93. The van der Waals surface area contributed by atoms with E-state index in [1.807, 2.05) is 6.07 Å². The highest BCUT2D eigenvalue weighted by Gasteiger charge is 2.49. The van der Waals surface area contributed by atoms with E-state index in [-0.39, 0.29) is 23.6 Å². The van der Waals surface area contributed by atoms with Crippen molar-refractivity contribution in [3.8, 4) is 6.07 Å².